The number of benzene rings is 2. The summed E-state index contributed by atoms with van der Waals surface area (Å²) in [4.78, 5) is 13.2. The van der Waals surface area contributed by atoms with E-state index in [1.165, 1.54) is 6.08 Å². The van der Waals surface area contributed by atoms with Crippen molar-refractivity contribution in [2.45, 2.75) is 18.2 Å². The number of carbonyl (C=O) groups is 1. The second-order valence-electron chi connectivity index (χ2n) is 5.05. The molecule has 3 nitrogen and oxygen atoms in total. The van der Waals surface area contributed by atoms with Gasteiger partial charge in [-0.15, -0.1) is 11.8 Å². The fourth-order valence-electron chi connectivity index (χ4n) is 2.13. The van der Waals surface area contributed by atoms with E-state index in [1.807, 2.05) is 49.4 Å². The number of hydrogen-bond donors (Lipinski definition) is 1. The molecular weight excluding hydrogens is 340 g/mol. The molecule has 0 aliphatic rings. The average molecular weight is 357 g/mol. The third-order valence-corrected chi connectivity index (χ3v) is 4.67. The number of nitriles is 1. The molecule has 24 heavy (non-hydrogen) atoms. The van der Waals surface area contributed by atoms with E-state index in [-0.39, 0.29) is 5.91 Å². The summed E-state index contributed by atoms with van der Waals surface area (Å²) in [6.45, 7) is 1.86. The van der Waals surface area contributed by atoms with E-state index in [1.54, 1.807) is 17.8 Å². The molecule has 0 unspecified atom stereocenters. The van der Waals surface area contributed by atoms with Crippen LogP contribution in [-0.4, -0.2) is 11.7 Å². The molecule has 0 bridgehead atoms. The molecule has 0 aromatic heterocycles. The molecule has 0 aliphatic carbocycles. The second-order valence-corrected chi connectivity index (χ2v) is 6.59. The molecule has 0 heterocycles. The fraction of sp³-hybridized carbons (Fsp3) is 0.158. The highest BCUT2D eigenvalue weighted by molar-refractivity contribution is 7.99. The summed E-state index contributed by atoms with van der Waals surface area (Å²) in [5.41, 5.74) is 2.38. The van der Waals surface area contributed by atoms with Crippen molar-refractivity contribution in [1.29, 1.82) is 5.26 Å². The lowest BCUT2D eigenvalue weighted by Gasteiger charge is -2.09. The maximum atomic E-state index is 12.3. The van der Waals surface area contributed by atoms with Crippen LogP contribution in [-0.2, 0) is 4.79 Å². The van der Waals surface area contributed by atoms with Crippen LogP contribution in [0.5, 0.6) is 0 Å². The van der Waals surface area contributed by atoms with Gasteiger partial charge in [-0.25, -0.2) is 0 Å². The molecule has 0 radical (unpaired) electrons. The highest BCUT2D eigenvalue weighted by Gasteiger charge is 2.07. The number of allylic oxidation sites excluding steroid dienone is 1. The molecule has 5 heteroatoms. The number of nitrogens with zero attached hydrogens (tertiary/aromatic N) is 1. The summed E-state index contributed by atoms with van der Waals surface area (Å²) < 4.78 is 0. The number of hydrogen-bond acceptors (Lipinski definition) is 3. The average Bonchev–Trinajstić information content (AvgIpc) is 2.57. The standard InChI is InChI=1S/C19H17ClN2OS/c1-14(15-7-2-3-8-16(15)20)13-19(23)22-17-9-4-5-10-18(17)24-12-6-11-21/h2-5,7-10,13H,6,12H2,1H3,(H,22,23)/b14-13-. The Kier molecular flexibility index (Phi) is 6.92. The van der Waals surface area contributed by atoms with Crippen LogP contribution in [0.15, 0.2) is 59.5 Å². The summed E-state index contributed by atoms with van der Waals surface area (Å²) in [6, 6.07) is 17.1. The van der Waals surface area contributed by atoms with Gasteiger partial charge in [0, 0.05) is 28.2 Å². The van der Waals surface area contributed by atoms with Crippen molar-refractivity contribution in [3.8, 4) is 6.07 Å². The fourth-order valence-corrected chi connectivity index (χ4v) is 3.27. The van der Waals surface area contributed by atoms with E-state index >= 15 is 0 Å². The Labute approximate surface area is 151 Å². The number of anilines is 1. The Balaban J connectivity index is 2.11. The lowest BCUT2D eigenvalue weighted by Crippen LogP contribution is -2.09. The maximum Gasteiger partial charge on any atom is 0.248 e. The number of nitrogens with one attached hydrogen (secondary N) is 1. The predicted molar refractivity (Wildman–Crippen MR) is 101 cm³/mol. The molecule has 0 saturated heterocycles. The maximum absolute atomic E-state index is 12.3. The molecule has 1 amide bonds. The van der Waals surface area contributed by atoms with Gasteiger partial charge in [-0.05, 0) is 36.3 Å². The van der Waals surface area contributed by atoms with Crippen molar-refractivity contribution >= 4 is 40.5 Å². The summed E-state index contributed by atoms with van der Waals surface area (Å²) >= 11 is 7.71. The van der Waals surface area contributed by atoms with Gasteiger partial charge in [0.15, 0.2) is 0 Å². The molecule has 0 fully saturated rings. The van der Waals surface area contributed by atoms with Crippen molar-refractivity contribution < 1.29 is 4.79 Å². The topological polar surface area (TPSA) is 52.9 Å². The first-order valence-corrected chi connectivity index (χ1v) is 8.81. The van der Waals surface area contributed by atoms with Gasteiger partial charge >= 0.3 is 0 Å². The Morgan fingerprint density at radius 1 is 1.25 bits per heavy atom. The van der Waals surface area contributed by atoms with Crippen LogP contribution in [0.4, 0.5) is 5.69 Å². The molecule has 0 saturated carbocycles. The molecule has 0 atom stereocenters. The van der Waals surface area contributed by atoms with Gasteiger partial charge in [0.1, 0.15) is 0 Å². The van der Waals surface area contributed by atoms with E-state index in [2.05, 4.69) is 11.4 Å². The molecular formula is C19H17ClN2OS. The van der Waals surface area contributed by atoms with Crippen LogP contribution in [0.3, 0.4) is 0 Å². The Hall–Kier alpha value is -2.22. The van der Waals surface area contributed by atoms with Gasteiger partial charge in [-0.1, -0.05) is 41.9 Å². The number of halogens is 1. The Bertz CT molecular complexity index is 796. The van der Waals surface area contributed by atoms with Crippen LogP contribution in [0.2, 0.25) is 5.02 Å². The molecule has 2 aromatic rings. The van der Waals surface area contributed by atoms with Crippen molar-refractivity contribution in [2.24, 2.45) is 0 Å². The molecule has 122 valence electrons. The highest BCUT2D eigenvalue weighted by atomic mass is 35.5. The zero-order valence-corrected chi connectivity index (χ0v) is 14.8. The SMILES string of the molecule is C/C(=C/C(=O)Nc1ccccc1SCCC#N)c1ccccc1Cl. The molecule has 0 aliphatic heterocycles. The van der Waals surface area contributed by atoms with Crippen molar-refractivity contribution in [3.63, 3.8) is 0 Å². The number of thioether (sulfide) groups is 1. The van der Waals surface area contributed by atoms with E-state index in [4.69, 9.17) is 16.9 Å². The van der Waals surface area contributed by atoms with Crippen LogP contribution in [0, 0.1) is 11.3 Å². The van der Waals surface area contributed by atoms with Gasteiger partial charge in [-0.3, -0.25) is 4.79 Å². The summed E-state index contributed by atoms with van der Waals surface area (Å²) in [5, 5.41) is 12.1. The predicted octanol–water partition coefficient (Wildman–Crippen LogP) is 5.39. The van der Waals surface area contributed by atoms with Crippen molar-refractivity contribution in [1.82, 2.24) is 0 Å². The monoisotopic (exact) mass is 356 g/mol. The molecule has 0 spiro atoms. The summed E-state index contributed by atoms with van der Waals surface area (Å²) in [7, 11) is 0. The Morgan fingerprint density at radius 2 is 1.96 bits per heavy atom. The smallest absolute Gasteiger partial charge is 0.248 e. The lowest BCUT2D eigenvalue weighted by molar-refractivity contribution is -0.111. The van der Waals surface area contributed by atoms with Gasteiger partial charge in [0.25, 0.3) is 0 Å². The van der Waals surface area contributed by atoms with Crippen LogP contribution >= 0.6 is 23.4 Å². The van der Waals surface area contributed by atoms with Gasteiger partial charge < -0.3 is 5.32 Å². The normalized spacial score (nSPS) is 11.0. The summed E-state index contributed by atoms with van der Waals surface area (Å²) in [5.74, 6) is 0.485. The first kappa shape index (κ1) is 18.1. The number of para-hydroxylation sites is 1. The van der Waals surface area contributed by atoms with E-state index in [0.29, 0.717) is 17.2 Å². The third-order valence-electron chi connectivity index (χ3n) is 3.26. The quantitative estimate of drug-likeness (QED) is 0.429. The van der Waals surface area contributed by atoms with Gasteiger partial charge in [0.05, 0.1) is 11.8 Å². The zero-order valence-electron chi connectivity index (χ0n) is 13.3. The Morgan fingerprint density at radius 3 is 2.71 bits per heavy atom. The number of carbonyl (C=O) groups excluding carboxylic acids is 1. The van der Waals surface area contributed by atoms with Crippen LogP contribution in [0.1, 0.15) is 18.9 Å². The molecule has 2 rings (SSSR count). The van der Waals surface area contributed by atoms with Crippen LogP contribution in [0.25, 0.3) is 5.57 Å². The largest absolute Gasteiger partial charge is 0.321 e. The van der Waals surface area contributed by atoms with Gasteiger partial charge in [0.2, 0.25) is 5.91 Å². The minimum absolute atomic E-state index is 0.208. The molecule has 2 aromatic carbocycles. The van der Waals surface area contributed by atoms with Crippen molar-refractivity contribution in [2.75, 3.05) is 11.1 Å². The van der Waals surface area contributed by atoms with Crippen LogP contribution < -0.4 is 5.32 Å². The van der Waals surface area contributed by atoms with Gasteiger partial charge in [-0.2, -0.15) is 5.26 Å². The number of amides is 1. The zero-order chi connectivity index (χ0) is 17.4. The molecule has 1 N–H and O–H groups in total. The third kappa shape index (κ3) is 5.16. The first-order chi connectivity index (χ1) is 11.6. The van der Waals surface area contributed by atoms with Crippen molar-refractivity contribution in [3.05, 3.63) is 65.2 Å². The van der Waals surface area contributed by atoms with E-state index in [0.717, 1.165) is 21.7 Å². The number of rotatable bonds is 6. The summed E-state index contributed by atoms with van der Waals surface area (Å²) in [6.07, 6.45) is 2.01. The minimum Gasteiger partial charge on any atom is -0.321 e. The first-order valence-electron chi connectivity index (χ1n) is 7.45. The lowest BCUT2D eigenvalue weighted by atomic mass is 10.1. The van der Waals surface area contributed by atoms with E-state index < -0.39 is 0 Å². The highest BCUT2D eigenvalue weighted by Crippen LogP contribution is 2.28. The minimum atomic E-state index is -0.208. The van der Waals surface area contributed by atoms with E-state index in [9.17, 15) is 4.79 Å². The second kappa shape index (κ2) is 9.17.